The molecular formula is C27H18ClN7O. The van der Waals surface area contributed by atoms with Gasteiger partial charge in [-0.15, -0.1) is 5.10 Å². The van der Waals surface area contributed by atoms with Gasteiger partial charge < -0.3 is 4.74 Å². The third-order valence-electron chi connectivity index (χ3n) is 6.33. The molecule has 7 rings (SSSR count). The summed E-state index contributed by atoms with van der Waals surface area (Å²) in [5, 5.41) is 10.1. The number of halogens is 1. The topological polar surface area (TPSA) is 83.0 Å². The second-order valence-electron chi connectivity index (χ2n) is 8.49. The fourth-order valence-corrected chi connectivity index (χ4v) is 4.99. The van der Waals surface area contributed by atoms with E-state index >= 15 is 0 Å². The fourth-order valence-electron chi connectivity index (χ4n) is 4.75. The van der Waals surface area contributed by atoms with E-state index in [0.29, 0.717) is 33.9 Å². The highest BCUT2D eigenvalue weighted by Crippen LogP contribution is 2.50. The van der Waals surface area contributed by atoms with Gasteiger partial charge in [0.15, 0.2) is 5.65 Å². The number of hydrogen-bond acceptors (Lipinski definition) is 6. The molecule has 1 aliphatic heterocycles. The van der Waals surface area contributed by atoms with E-state index in [1.807, 2.05) is 84.4 Å². The molecule has 1 atom stereocenters. The molecule has 0 aliphatic carbocycles. The summed E-state index contributed by atoms with van der Waals surface area (Å²) in [6.07, 6.45) is 3.33. The molecular weight excluding hydrogens is 474 g/mol. The lowest BCUT2D eigenvalue weighted by molar-refractivity contribution is 0.402. The van der Waals surface area contributed by atoms with Gasteiger partial charge in [-0.1, -0.05) is 54.1 Å². The molecule has 1 unspecified atom stereocenters. The van der Waals surface area contributed by atoms with Gasteiger partial charge in [0.2, 0.25) is 17.6 Å². The number of nitrogens with zero attached hydrogens (tertiary/aromatic N) is 7. The molecule has 0 radical (unpaired) electrons. The Kier molecular flexibility index (Phi) is 4.62. The summed E-state index contributed by atoms with van der Waals surface area (Å²) in [6.45, 7) is 1.98. The second kappa shape index (κ2) is 8.00. The van der Waals surface area contributed by atoms with Crippen molar-refractivity contribution in [3.63, 3.8) is 0 Å². The van der Waals surface area contributed by atoms with Crippen LogP contribution in [0.3, 0.4) is 0 Å². The van der Waals surface area contributed by atoms with Gasteiger partial charge >= 0.3 is 0 Å². The molecule has 0 bridgehead atoms. The molecule has 0 saturated carbocycles. The number of benzene rings is 2. The number of aromatic nitrogens is 7. The van der Waals surface area contributed by atoms with Crippen molar-refractivity contribution in [2.75, 3.05) is 0 Å². The van der Waals surface area contributed by atoms with E-state index in [4.69, 9.17) is 26.4 Å². The third kappa shape index (κ3) is 3.11. The van der Waals surface area contributed by atoms with Crippen LogP contribution in [-0.4, -0.2) is 34.3 Å². The first kappa shape index (κ1) is 20.8. The van der Waals surface area contributed by atoms with Crippen LogP contribution >= 0.6 is 11.6 Å². The molecule has 174 valence electrons. The molecule has 4 aromatic heterocycles. The van der Waals surface area contributed by atoms with Crippen LogP contribution in [0, 0.1) is 6.92 Å². The van der Waals surface area contributed by atoms with E-state index in [1.54, 1.807) is 17.0 Å². The van der Waals surface area contributed by atoms with E-state index in [1.165, 1.54) is 0 Å². The maximum absolute atomic E-state index is 6.78. The summed E-state index contributed by atoms with van der Waals surface area (Å²) >= 11 is 6.78. The van der Waals surface area contributed by atoms with Crippen molar-refractivity contribution in [3.8, 4) is 29.0 Å². The van der Waals surface area contributed by atoms with E-state index in [0.717, 1.165) is 28.1 Å². The highest BCUT2D eigenvalue weighted by atomic mass is 35.5. The van der Waals surface area contributed by atoms with Crippen molar-refractivity contribution in [2.45, 2.75) is 12.8 Å². The van der Waals surface area contributed by atoms with Crippen molar-refractivity contribution >= 4 is 17.2 Å². The third-order valence-corrected chi connectivity index (χ3v) is 6.68. The van der Waals surface area contributed by atoms with Crippen LogP contribution in [0.1, 0.15) is 28.3 Å². The Morgan fingerprint density at radius 1 is 0.861 bits per heavy atom. The predicted molar refractivity (Wildman–Crippen MR) is 135 cm³/mol. The number of para-hydroxylation sites is 1. The zero-order chi connectivity index (χ0) is 24.2. The highest BCUT2D eigenvalue weighted by Gasteiger charge is 2.39. The number of aryl methyl sites for hydroxylation is 1. The van der Waals surface area contributed by atoms with Gasteiger partial charge in [-0.25, -0.2) is 19.2 Å². The smallest absolute Gasteiger partial charge is 0.230 e. The highest BCUT2D eigenvalue weighted by molar-refractivity contribution is 6.31. The largest absolute Gasteiger partial charge is 0.420 e. The molecule has 1 aliphatic rings. The standard InChI is InChI=1S/C27H18ClN7O/c1-16-21-22(18-11-5-6-12-19(18)28)23-25-31-24(20-13-7-8-14-29-20)33-34(25)15-30-26(23)36-27(21)35(32-16)17-9-3-2-4-10-17/h2-15,22H,1H3. The minimum atomic E-state index is -0.313. The normalized spacial score (nSPS) is 14.3. The molecule has 0 fully saturated rings. The number of ether oxygens (including phenoxy) is 1. The van der Waals surface area contributed by atoms with Gasteiger partial charge in [-0.2, -0.15) is 5.10 Å². The van der Waals surface area contributed by atoms with Crippen LogP contribution in [0.4, 0.5) is 0 Å². The summed E-state index contributed by atoms with van der Waals surface area (Å²) < 4.78 is 9.92. The number of hydrogen-bond donors (Lipinski definition) is 0. The van der Waals surface area contributed by atoms with E-state index in [9.17, 15) is 0 Å². The number of pyridine rings is 1. The first-order valence-electron chi connectivity index (χ1n) is 11.4. The van der Waals surface area contributed by atoms with E-state index < -0.39 is 0 Å². The predicted octanol–water partition coefficient (Wildman–Crippen LogP) is 5.62. The Morgan fingerprint density at radius 2 is 1.67 bits per heavy atom. The average molecular weight is 492 g/mol. The lowest BCUT2D eigenvalue weighted by Crippen LogP contribution is -2.16. The monoisotopic (exact) mass is 491 g/mol. The van der Waals surface area contributed by atoms with Gasteiger partial charge in [0.05, 0.1) is 28.4 Å². The Hall–Kier alpha value is -4.56. The molecule has 2 aromatic carbocycles. The van der Waals surface area contributed by atoms with Crippen molar-refractivity contribution in [1.29, 1.82) is 0 Å². The number of fused-ring (bicyclic) bond motifs is 4. The van der Waals surface area contributed by atoms with Crippen LogP contribution in [0.2, 0.25) is 5.02 Å². The van der Waals surface area contributed by atoms with E-state index in [2.05, 4.69) is 15.1 Å². The summed E-state index contributed by atoms with van der Waals surface area (Å²) in [5.41, 5.74) is 5.64. The lowest BCUT2D eigenvalue weighted by atomic mass is 9.84. The fraction of sp³-hybridized carbons (Fsp3) is 0.0741. The summed E-state index contributed by atoms with van der Waals surface area (Å²) in [4.78, 5) is 13.9. The molecule has 0 spiro atoms. The van der Waals surface area contributed by atoms with E-state index in [-0.39, 0.29) is 5.92 Å². The van der Waals surface area contributed by atoms with Crippen LogP contribution in [0.15, 0.2) is 85.3 Å². The first-order valence-corrected chi connectivity index (χ1v) is 11.8. The summed E-state index contributed by atoms with van der Waals surface area (Å²) in [6, 6.07) is 23.3. The van der Waals surface area contributed by atoms with Gasteiger partial charge in [0.25, 0.3) is 0 Å². The lowest BCUT2D eigenvalue weighted by Gasteiger charge is -2.26. The van der Waals surface area contributed by atoms with Crippen LogP contribution < -0.4 is 4.74 Å². The molecule has 0 amide bonds. The molecule has 8 nitrogen and oxygen atoms in total. The quantitative estimate of drug-likeness (QED) is 0.319. The van der Waals surface area contributed by atoms with Crippen LogP contribution in [0.25, 0.3) is 22.9 Å². The zero-order valence-corrected chi connectivity index (χ0v) is 19.8. The van der Waals surface area contributed by atoms with Crippen molar-refractivity contribution in [2.24, 2.45) is 0 Å². The van der Waals surface area contributed by atoms with Gasteiger partial charge in [0.1, 0.15) is 12.0 Å². The molecule has 9 heteroatoms. The maximum Gasteiger partial charge on any atom is 0.230 e. The maximum atomic E-state index is 6.78. The zero-order valence-electron chi connectivity index (χ0n) is 19.1. The van der Waals surface area contributed by atoms with Crippen molar-refractivity contribution in [3.05, 3.63) is 113 Å². The minimum absolute atomic E-state index is 0.313. The molecule has 6 aromatic rings. The molecule has 0 saturated heterocycles. The number of rotatable bonds is 3. The second-order valence-corrected chi connectivity index (χ2v) is 8.90. The van der Waals surface area contributed by atoms with Crippen molar-refractivity contribution in [1.82, 2.24) is 34.3 Å². The summed E-state index contributed by atoms with van der Waals surface area (Å²) in [7, 11) is 0. The molecule has 5 heterocycles. The summed E-state index contributed by atoms with van der Waals surface area (Å²) in [5.74, 6) is 1.24. The Bertz CT molecular complexity index is 1750. The van der Waals surface area contributed by atoms with Crippen LogP contribution in [-0.2, 0) is 0 Å². The Morgan fingerprint density at radius 3 is 2.47 bits per heavy atom. The van der Waals surface area contributed by atoms with Crippen LogP contribution in [0.5, 0.6) is 11.8 Å². The van der Waals surface area contributed by atoms with Crippen molar-refractivity contribution < 1.29 is 4.74 Å². The Balaban J connectivity index is 1.52. The SMILES string of the molecule is Cc1nn(-c2ccccc2)c2c1C(c1ccccc1Cl)c1c(ncn3nc(-c4ccccn4)nc13)O2. The van der Waals surface area contributed by atoms with Gasteiger partial charge in [-0.3, -0.25) is 4.98 Å². The van der Waals surface area contributed by atoms with Gasteiger partial charge in [0, 0.05) is 11.2 Å². The molecule has 0 N–H and O–H groups in total. The average Bonchev–Trinajstić information content (AvgIpc) is 3.50. The molecule has 36 heavy (non-hydrogen) atoms. The first-order chi connectivity index (χ1) is 17.7. The van der Waals surface area contributed by atoms with Gasteiger partial charge in [-0.05, 0) is 42.8 Å². The Labute approximate surface area is 210 Å². The minimum Gasteiger partial charge on any atom is -0.420 e.